The van der Waals surface area contributed by atoms with Gasteiger partial charge in [0.15, 0.2) is 0 Å². The zero-order valence-electron chi connectivity index (χ0n) is 13.4. The number of aromatic nitrogens is 3. The minimum absolute atomic E-state index is 0.0613. The molecule has 0 N–H and O–H groups in total. The first kappa shape index (κ1) is 15.9. The zero-order chi connectivity index (χ0) is 17.3. The Balaban J connectivity index is 1.55. The number of carbonyl (C=O) groups is 3. The van der Waals surface area contributed by atoms with Crippen molar-refractivity contribution in [3.63, 3.8) is 0 Å². The summed E-state index contributed by atoms with van der Waals surface area (Å²) < 4.78 is 1.70. The van der Waals surface area contributed by atoms with Crippen molar-refractivity contribution in [2.24, 2.45) is 0 Å². The summed E-state index contributed by atoms with van der Waals surface area (Å²) in [5, 5.41) is 4.72. The van der Waals surface area contributed by atoms with E-state index in [0.29, 0.717) is 23.9 Å². The summed E-state index contributed by atoms with van der Waals surface area (Å²) in [7, 11) is 0. The highest BCUT2D eigenvalue weighted by atomic mass is 16.7. The lowest BCUT2D eigenvalue weighted by molar-refractivity contribution is -0.168. The van der Waals surface area contributed by atoms with Crippen molar-refractivity contribution >= 4 is 17.8 Å². The van der Waals surface area contributed by atoms with Crippen LogP contribution in [0.2, 0.25) is 0 Å². The van der Waals surface area contributed by atoms with Crippen LogP contribution >= 0.6 is 0 Å². The van der Waals surface area contributed by atoms with E-state index in [1.54, 1.807) is 23.7 Å². The van der Waals surface area contributed by atoms with Crippen LogP contribution in [0, 0.1) is 13.8 Å². The van der Waals surface area contributed by atoms with Crippen molar-refractivity contribution in [3.8, 4) is 0 Å². The predicted octanol–water partition coefficient (Wildman–Crippen LogP) is 1.43. The van der Waals surface area contributed by atoms with Crippen molar-refractivity contribution in [1.82, 2.24) is 19.8 Å². The molecule has 1 aromatic heterocycles. The number of rotatable bonds is 5. The van der Waals surface area contributed by atoms with Gasteiger partial charge in [-0.1, -0.05) is 17.2 Å². The highest BCUT2D eigenvalue weighted by molar-refractivity contribution is 6.20. The first-order valence-electron chi connectivity index (χ1n) is 7.54. The normalized spacial score (nSPS) is 13.3. The molecule has 1 aliphatic rings. The summed E-state index contributed by atoms with van der Waals surface area (Å²) in [6.07, 6.45) is 0.525. The molecule has 2 aromatic rings. The van der Waals surface area contributed by atoms with Crippen LogP contribution in [0.15, 0.2) is 24.3 Å². The average Bonchev–Trinajstić information content (AvgIpc) is 2.99. The van der Waals surface area contributed by atoms with Gasteiger partial charge < -0.3 is 4.84 Å². The SMILES string of the molecule is Cc1nc(C)n(CCCC(=O)ON2C(=O)c3ccccc3C2=O)n1. The van der Waals surface area contributed by atoms with E-state index in [2.05, 4.69) is 10.1 Å². The van der Waals surface area contributed by atoms with Crippen LogP contribution < -0.4 is 0 Å². The number of carbonyl (C=O) groups excluding carboxylic acids is 3. The van der Waals surface area contributed by atoms with E-state index >= 15 is 0 Å². The number of hydroxylamine groups is 2. The van der Waals surface area contributed by atoms with Crippen molar-refractivity contribution in [2.75, 3.05) is 0 Å². The van der Waals surface area contributed by atoms with Crippen LogP contribution in [0.4, 0.5) is 0 Å². The first-order valence-corrected chi connectivity index (χ1v) is 7.54. The van der Waals surface area contributed by atoms with Crippen LogP contribution in [0.3, 0.4) is 0 Å². The zero-order valence-corrected chi connectivity index (χ0v) is 13.4. The fraction of sp³-hybridized carbons (Fsp3) is 0.312. The van der Waals surface area contributed by atoms with E-state index < -0.39 is 17.8 Å². The second-order valence-corrected chi connectivity index (χ2v) is 5.45. The third-order valence-electron chi connectivity index (χ3n) is 3.66. The molecule has 1 aliphatic heterocycles. The number of imide groups is 1. The van der Waals surface area contributed by atoms with E-state index in [-0.39, 0.29) is 17.5 Å². The standard InChI is InChI=1S/C16H16N4O4/c1-10-17-11(2)19(18-10)9-5-8-14(21)24-20-15(22)12-6-3-4-7-13(12)16(20)23/h3-4,6-7H,5,8-9H2,1-2H3. The molecule has 8 heteroatoms. The molecule has 0 unspecified atom stereocenters. The van der Waals surface area contributed by atoms with Gasteiger partial charge in [0.2, 0.25) is 0 Å². The molecule has 24 heavy (non-hydrogen) atoms. The third kappa shape index (κ3) is 2.90. The van der Waals surface area contributed by atoms with Crippen molar-refractivity contribution in [3.05, 3.63) is 47.0 Å². The van der Waals surface area contributed by atoms with Crippen molar-refractivity contribution in [1.29, 1.82) is 0 Å². The average molecular weight is 328 g/mol. The summed E-state index contributed by atoms with van der Waals surface area (Å²) in [6, 6.07) is 6.36. The summed E-state index contributed by atoms with van der Waals surface area (Å²) in [5.74, 6) is -0.445. The predicted molar refractivity (Wildman–Crippen MR) is 81.8 cm³/mol. The first-order chi connectivity index (χ1) is 11.5. The minimum atomic E-state index is -0.640. The Bertz CT molecular complexity index is 792. The number of hydrogen-bond donors (Lipinski definition) is 0. The molecule has 124 valence electrons. The molecule has 0 radical (unpaired) electrons. The van der Waals surface area contributed by atoms with Gasteiger partial charge in [0.05, 0.1) is 11.1 Å². The molecule has 0 aliphatic carbocycles. The summed E-state index contributed by atoms with van der Waals surface area (Å²) in [4.78, 5) is 45.2. The Labute approximate surface area is 138 Å². The van der Waals surface area contributed by atoms with Crippen LogP contribution in [-0.2, 0) is 16.2 Å². The molecule has 0 saturated carbocycles. The Hall–Kier alpha value is -3.03. The van der Waals surface area contributed by atoms with Gasteiger partial charge in [0, 0.05) is 13.0 Å². The second kappa shape index (κ2) is 6.23. The number of aryl methyl sites for hydroxylation is 3. The van der Waals surface area contributed by atoms with E-state index in [0.717, 1.165) is 5.82 Å². The highest BCUT2D eigenvalue weighted by Crippen LogP contribution is 2.22. The quantitative estimate of drug-likeness (QED) is 0.771. The number of nitrogens with zero attached hydrogens (tertiary/aromatic N) is 4. The Morgan fingerprint density at radius 3 is 2.29 bits per heavy atom. The maximum absolute atomic E-state index is 12.1. The third-order valence-corrected chi connectivity index (χ3v) is 3.66. The molecule has 1 aromatic carbocycles. The topological polar surface area (TPSA) is 94.4 Å². The van der Waals surface area contributed by atoms with E-state index in [1.165, 1.54) is 12.1 Å². The Kier molecular flexibility index (Phi) is 4.11. The largest absolute Gasteiger partial charge is 0.333 e. The lowest BCUT2D eigenvalue weighted by atomic mass is 10.1. The van der Waals surface area contributed by atoms with Gasteiger partial charge in [-0.05, 0) is 32.4 Å². The molecule has 2 amide bonds. The van der Waals surface area contributed by atoms with E-state index in [9.17, 15) is 14.4 Å². The Morgan fingerprint density at radius 2 is 1.75 bits per heavy atom. The van der Waals surface area contributed by atoms with Crippen LogP contribution in [0.5, 0.6) is 0 Å². The monoisotopic (exact) mass is 328 g/mol. The number of hydrogen-bond acceptors (Lipinski definition) is 6. The van der Waals surface area contributed by atoms with Gasteiger partial charge in [-0.25, -0.2) is 9.78 Å². The summed E-state index contributed by atoms with van der Waals surface area (Å²) >= 11 is 0. The fourth-order valence-corrected chi connectivity index (χ4v) is 2.54. The van der Waals surface area contributed by atoms with Gasteiger partial charge in [-0.3, -0.25) is 14.3 Å². The molecule has 2 heterocycles. The summed E-state index contributed by atoms with van der Waals surface area (Å²) in [6.45, 7) is 4.13. The van der Waals surface area contributed by atoms with E-state index in [1.807, 2.05) is 6.92 Å². The van der Waals surface area contributed by atoms with Crippen molar-refractivity contribution in [2.45, 2.75) is 33.2 Å². The molecular formula is C16H16N4O4. The minimum Gasteiger partial charge on any atom is -0.330 e. The molecule has 3 rings (SSSR count). The smallest absolute Gasteiger partial charge is 0.330 e. The van der Waals surface area contributed by atoms with Crippen LogP contribution in [0.25, 0.3) is 0 Å². The lowest BCUT2D eigenvalue weighted by Gasteiger charge is -2.12. The van der Waals surface area contributed by atoms with E-state index in [4.69, 9.17) is 4.84 Å². The van der Waals surface area contributed by atoms with Crippen LogP contribution in [0.1, 0.15) is 45.2 Å². The molecular weight excluding hydrogens is 312 g/mol. The lowest BCUT2D eigenvalue weighted by Crippen LogP contribution is -2.32. The molecule has 8 nitrogen and oxygen atoms in total. The van der Waals surface area contributed by atoms with Crippen LogP contribution in [-0.4, -0.2) is 37.6 Å². The van der Waals surface area contributed by atoms with Gasteiger partial charge in [0.25, 0.3) is 11.8 Å². The highest BCUT2D eigenvalue weighted by Gasteiger charge is 2.38. The van der Waals surface area contributed by atoms with Crippen molar-refractivity contribution < 1.29 is 19.2 Å². The number of benzene rings is 1. The maximum atomic E-state index is 12.1. The molecule has 0 spiro atoms. The number of fused-ring (bicyclic) bond motifs is 1. The van der Waals surface area contributed by atoms with Gasteiger partial charge >= 0.3 is 5.97 Å². The second-order valence-electron chi connectivity index (χ2n) is 5.45. The molecule has 0 atom stereocenters. The maximum Gasteiger partial charge on any atom is 0.333 e. The van der Waals surface area contributed by atoms with Gasteiger partial charge in [0.1, 0.15) is 11.6 Å². The molecule has 0 saturated heterocycles. The summed E-state index contributed by atoms with van der Waals surface area (Å²) in [5.41, 5.74) is 0.480. The van der Waals surface area contributed by atoms with Gasteiger partial charge in [-0.2, -0.15) is 5.10 Å². The Morgan fingerprint density at radius 1 is 1.12 bits per heavy atom. The fourth-order valence-electron chi connectivity index (χ4n) is 2.54. The number of amides is 2. The molecule has 0 fully saturated rings. The molecule has 0 bridgehead atoms. The van der Waals surface area contributed by atoms with Gasteiger partial charge in [-0.15, -0.1) is 0 Å².